The van der Waals surface area contributed by atoms with Gasteiger partial charge in [0, 0.05) is 19.0 Å². The molecule has 112 valence electrons. The van der Waals surface area contributed by atoms with E-state index in [0.717, 1.165) is 31.7 Å². The van der Waals surface area contributed by atoms with Crippen LogP contribution in [0.3, 0.4) is 0 Å². The highest BCUT2D eigenvalue weighted by molar-refractivity contribution is 5.73. The molecule has 0 fully saturated rings. The Kier molecular flexibility index (Phi) is 7.09. The summed E-state index contributed by atoms with van der Waals surface area (Å²) in [6.45, 7) is 6.20. The van der Waals surface area contributed by atoms with Crippen LogP contribution >= 0.6 is 0 Å². The fourth-order valence-electron chi connectivity index (χ4n) is 2.26. The van der Waals surface area contributed by atoms with Crippen LogP contribution < -0.4 is 10.5 Å². The van der Waals surface area contributed by atoms with Crippen LogP contribution in [0.25, 0.3) is 0 Å². The summed E-state index contributed by atoms with van der Waals surface area (Å²) in [5.41, 5.74) is 6.40. The SMILES string of the molecule is COc1ccccc1CCN(CCCC(N)=O)C(C)C. The number of benzene rings is 1. The van der Waals surface area contributed by atoms with Crippen molar-refractivity contribution < 1.29 is 9.53 Å². The summed E-state index contributed by atoms with van der Waals surface area (Å²) in [5, 5.41) is 0. The minimum Gasteiger partial charge on any atom is -0.496 e. The van der Waals surface area contributed by atoms with Gasteiger partial charge in [-0.05, 0) is 44.9 Å². The van der Waals surface area contributed by atoms with Crippen molar-refractivity contribution >= 4 is 5.91 Å². The average Bonchev–Trinajstić information content (AvgIpc) is 2.42. The first kappa shape index (κ1) is 16.5. The standard InChI is InChI=1S/C16H26N2O2/c1-13(2)18(11-6-9-16(17)19)12-10-14-7-4-5-8-15(14)20-3/h4-5,7-8,13H,6,9-12H2,1-3H3,(H2,17,19). The first-order valence-electron chi connectivity index (χ1n) is 7.18. The average molecular weight is 278 g/mol. The van der Waals surface area contributed by atoms with Crippen LogP contribution in [-0.4, -0.2) is 37.0 Å². The Labute approximate surface area is 121 Å². The van der Waals surface area contributed by atoms with Crippen LogP contribution in [0.2, 0.25) is 0 Å². The number of hydrogen-bond donors (Lipinski definition) is 1. The highest BCUT2D eigenvalue weighted by atomic mass is 16.5. The minimum atomic E-state index is -0.224. The summed E-state index contributed by atoms with van der Waals surface area (Å²) >= 11 is 0. The summed E-state index contributed by atoms with van der Waals surface area (Å²) in [5.74, 6) is 0.715. The first-order chi connectivity index (χ1) is 9.54. The van der Waals surface area contributed by atoms with E-state index in [2.05, 4.69) is 24.8 Å². The number of hydrogen-bond acceptors (Lipinski definition) is 3. The zero-order chi connectivity index (χ0) is 15.0. The van der Waals surface area contributed by atoms with Crippen LogP contribution in [0.4, 0.5) is 0 Å². The van der Waals surface area contributed by atoms with Gasteiger partial charge in [-0.15, -0.1) is 0 Å². The van der Waals surface area contributed by atoms with Crippen molar-refractivity contribution in [1.82, 2.24) is 4.90 Å². The monoisotopic (exact) mass is 278 g/mol. The summed E-state index contributed by atoms with van der Waals surface area (Å²) < 4.78 is 5.37. The van der Waals surface area contributed by atoms with Crippen LogP contribution in [-0.2, 0) is 11.2 Å². The highest BCUT2D eigenvalue weighted by Gasteiger charge is 2.11. The van der Waals surface area contributed by atoms with Crippen molar-refractivity contribution in [2.75, 3.05) is 20.2 Å². The molecule has 0 spiro atoms. The van der Waals surface area contributed by atoms with Gasteiger partial charge in [0.1, 0.15) is 5.75 Å². The molecule has 0 radical (unpaired) electrons. The number of carbonyl (C=O) groups is 1. The lowest BCUT2D eigenvalue weighted by Crippen LogP contribution is -2.34. The fourth-order valence-corrected chi connectivity index (χ4v) is 2.26. The number of amides is 1. The van der Waals surface area contributed by atoms with E-state index < -0.39 is 0 Å². The van der Waals surface area contributed by atoms with Crippen molar-refractivity contribution in [3.63, 3.8) is 0 Å². The lowest BCUT2D eigenvalue weighted by molar-refractivity contribution is -0.118. The molecule has 4 heteroatoms. The van der Waals surface area contributed by atoms with E-state index in [1.807, 2.05) is 18.2 Å². The molecular weight excluding hydrogens is 252 g/mol. The third kappa shape index (κ3) is 5.61. The van der Waals surface area contributed by atoms with Gasteiger partial charge >= 0.3 is 0 Å². The molecule has 0 heterocycles. The Morgan fingerprint density at radius 3 is 2.60 bits per heavy atom. The number of para-hydroxylation sites is 1. The van der Waals surface area contributed by atoms with Crippen molar-refractivity contribution in [2.45, 2.75) is 39.2 Å². The Hall–Kier alpha value is -1.55. The molecule has 1 aromatic rings. The maximum atomic E-state index is 10.8. The van der Waals surface area contributed by atoms with Crippen molar-refractivity contribution in [3.8, 4) is 5.75 Å². The number of nitrogens with zero attached hydrogens (tertiary/aromatic N) is 1. The minimum absolute atomic E-state index is 0.224. The van der Waals surface area contributed by atoms with Crippen molar-refractivity contribution in [1.29, 1.82) is 0 Å². The second-order valence-corrected chi connectivity index (χ2v) is 5.26. The largest absolute Gasteiger partial charge is 0.496 e. The smallest absolute Gasteiger partial charge is 0.217 e. The molecule has 20 heavy (non-hydrogen) atoms. The van der Waals surface area contributed by atoms with Gasteiger partial charge in [0.15, 0.2) is 0 Å². The fraction of sp³-hybridized carbons (Fsp3) is 0.562. The summed E-state index contributed by atoms with van der Waals surface area (Å²) in [4.78, 5) is 13.2. The van der Waals surface area contributed by atoms with Gasteiger partial charge in [0.25, 0.3) is 0 Å². The Morgan fingerprint density at radius 1 is 1.30 bits per heavy atom. The number of carbonyl (C=O) groups excluding carboxylic acids is 1. The molecule has 0 unspecified atom stereocenters. The molecule has 1 amide bonds. The molecule has 1 aromatic carbocycles. The number of methoxy groups -OCH3 is 1. The Morgan fingerprint density at radius 2 is 2.00 bits per heavy atom. The lowest BCUT2D eigenvalue weighted by Gasteiger charge is -2.26. The third-order valence-corrected chi connectivity index (χ3v) is 3.46. The van der Waals surface area contributed by atoms with Gasteiger partial charge < -0.3 is 15.4 Å². The molecular formula is C16H26N2O2. The Balaban J connectivity index is 2.51. The van der Waals surface area contributed by atoms with Gasteiger partial charge in [-0.3, -0.25) is 4.79 Å². The van der Waals surface area contributed by atoms with Crippen LogP contribution in [0, 0.1) is 0 Å². The zero-order valence-corrected chi connectivity index (χ0v) is 12.8. The van der Waals surface area contributed by atoms with Crippen molar-refractivity contribution in [3.05, 3.63) is 29.8 Å². The molecule has 1 rings (SSSR count). The third-order valence-electron chi connectivity index (χ3n) is 3.46. The predicted octanol–water partition coefficient (Wildman–Crippen LogP) is 2.21. The number of nitrogens with two attached hydrogens (primary N) is 1. The van der Waals surface area contributed by atoms with E-state index in [-0.39, 0.29) is 5.91 Å². The summed E-state index contributed by atoms with van der Waals surface area (Å²) in [6, 6.07) is 8.56. The van der Waals surface area contributed by atoms with E-state index in [1.165, 1.54) is 5.56 Å². The van der Waals surface area contributed by atoms with Crippen LogP contribution in [0.15, 0.2) is 24.3 Å². The molecule has 0 atom stereocenters. The summed E-state index contributed by atoms with van der Waals surface area (Å²) in [7, 11) is 1.70. The first-order valence-corrected chi connectivity index (χ1v) is 7.18. The topological polar surface area (TPSA) is 55.6 Å². The second-order valence-electron chi connectivity index (χ2n) is 5.26. The van der Waals surface area contributed by atoms with E-state index >= 15 is 0 Å². The second kappa shape index (κ2) is 8.59. The quantitative estimate of drug-likeness (QED) is 0.753. The van der Waals surface area contributed by atoms with Gasteiger partial charge in [-0.1, -0.05) is 18.2 Å². The molecule has 0 aliphatic carbocycles. The van der Waals surface area contributed by atoms with Crippen LogP contribution in [0.1, 0.15) is 32.3 Å². The number of rotatable bonds is 9. The van der Waals surface area contributed by atoms with Gasteiger partial charge in [0.05, 0.1) is 7.11 Å². The van der Waals surface area contributed by atoms with E-state index in [0.29, 0.717) is 12.5 Å². The van der Waals surface area contributed by atoms with E-state index in [1.54, 1.807) is 7.11 Å². The molecule has 0 saturated heterocycles. The Bertz CT molecular complexity index is 419. The highest BCUT2D eigenvalue weighted by Crippen LogP contribution is 2.18. The normalized spacial score (nSPS) is 11.1. The van der Waals surface area contributed by atoms with Gasteiger partial charge in [-0.2, -0.15) is 0 Å². The van der Waals surface area contributed by atoms with Crippen LogP contribution in [0.5, 0.6) is 5.75 Å². The molecule has 0 saturated carbocycles. The molecule has 0 aromatic heterocycles. The van der Waals surface area contributed by atoms with Gasteiger partial charge in [0.2, 0.25) is 5.91 Å². The predicted molar refractivity (Wildman–Crippen MR) is 81.8 cm³/mol. The van der Waals surface area contributed by atoms with Gasteiger partial charge in [-0.25, -0.2) is 0 Å². The zero-order valence-electron chi connectivity index (χ0n) is 12.8. The lowest BCUT2D eigenvalue weighted by atomic mass is 10.1. The molecule has 0 aliphatic heterocycles. The maximum Gasteiger partial charge on any atom is 0.217 e. The molecule has 0 bridgehead atoms. The van der Waals surface area contributed by atoms with Crippen molar-refractivity contribution in [2.24, 2.45) is 5.73 Å². The van der Waals surface area contributed by atoms with E-state index in [4.69, 9.17) is 10.5 Å². The molecule has 0 aliphatic rings. The molecule has 2 N–H and O–H groups in total. The number of ether oxygens (including phenoxy) is 1. The molecule has 4 nitrogen and oxygen atoms in total. The number of primary amides is 1. The van der Waals surface area contributed by atoms with E-state index in [9.17, 15) is 4.79 Å². The maximum absolute atomic E-state index is 10.8. The summed E-state index contributed by atoms with van der Waals surface area (Å²) in [6.07, 6.45) is 2.22.